The second kappa shape index (κ2) is 6.05. The summed E-state index contributed by atoms with van der Waals surface area (Å²) >= 11 is 1.63. The van der Waals surface area contributed by atoms with Crippen LogP contribution >= 0.6 is 11.3 Å². The molecule has 0 radical (unpaired) electrons. The molecule has 0 saturated carbocycles. The van der Waals surface area contributed by atoms with E-state index >= 15 is 0 Å². The van der Waals surface area contributed by atoms with Gasteiger partial charge in [-0.3, -0.25) is 14.2 Å². The van der Waals surface area contributed by atoms with Crippen molar-refractivity contribution in [3.8, 4) is 0 Å². The Labute approximate surface area is 138 Å². The third kappa shape index (κ3) is 3.03. The zero-order valence-electron chi connectivity index (χ0n) is 13.8. The van der Waals surface area contributed by atoms with Crippen molar-refractivity contribution in [2.45, 2.75) is 39.3 Å². The molecule has 6 nitrogen and oxygen atoms in total. The molecule has 2 aromatic heterocycles. The van der Waals surface area contributed by atoms with Gasteiger partial charge < -0.3 is 10.6 Å². The summed E-state index contributed by atoms with van der Waals surface area (Å²) in [5.74, 6) is 0.716. The molecule has 3 rings (SSSR count). The lowest BCUT2D eigenvalue weighted by Gasteiger charge is -2.18. The predicted molar refractivity (Wildman–Crippen MR) is 91.7 cm³/mol. The predicted octanol–water partition coefficient (Wildman–Crippen LogP) is 1.13. The molecule has 124 valence electrons. The topological polar surface area (TPSA) is 81.2 Å². The number of nitrogens with two attached hydrogens (primary N) is 1. The molecular weight excluding hydrogens is 312 g/mol. The molecule has 0 spiro atoms. The third-order valence-electron chi connectivity index (χ3n) is 4.27. The molecule has 0 aromatic carbocycles. The van der Waals surface area contributed by atoms with Crippen molar-refractivity contribution in [1.29, 1.82) is 0 Å². The van der Waals surface area contributed by atoms with Crippen LogP contribution in [0, 0.1) is 5.92 Å². The number of fused-ring (bicyclic) bond motifs is 3. The maximum atomic E-state index is 13.0. The van der Waals surface area contributed by atoms with Gasteiger partial charge in [0.15, 0.2) is 0 Å². The zero-order valence-corrected chi connectivity index (χ0v) is 14.6. The fraction of sp³-hybridized carbons (Fsp3) is 0.562. The Morgan fingerprint density at radius 1 is 1.48 bits per heavy atom. The van der Waals surface area contributed by atoms with Gasteiger partial charge in [0, 0.05) is 4.88 Å². The second-order valence-corrected chi connectivity index (χ2v) is 7.74. The Kier molecular flexibility index (Phi) is 4.25. The van der Waals surface area contributed by atoms with Crippen LogP contribution in [0.25, 0.3) is 10.2 Å². The Morgan fingerprint density at radius 2 is 2.22 bits per heavy atom. The quantitative estimate of drug-likeness (QED) is 0.909. The van der Waals surface area contributed by atoms with Crippen LogP contribution in [0.3, 0.4) is 0 Å². The average molecular weight is 334 g/mol. The normalized spacial score (nSPS) is 17.7. The minimum absolute atomic E-state index is 0.119. The van der Waals surface area contributed by atoms with E-state index in [2.05, 4.69) is 6.92 Å². The average Bonchev–Trinajstić information content (AvgIpc) is 2.79. The van der Waals surface area contributed by atoms with Crippen molar-refractivity contribution in [3.05, 3.63) is 26.6 Å². The van der Waals surface area contributed by atoms with Crippen molar-refractivity contribution < 1.29 is 4.79 Å². The summed E-state index contributed by atoms with van der Waals surface area (Å²) in [6.45, 7) is 2.62. The van der Waals surface area contributed by atoms with Gasteiger partial charge in [-0.25, -0.2) is 4.98 Å². The van der Waals surface area contributed by atoms with E-state index in [1.165, 1.54) is 9.44 Å². The van der Waals surface area contributed by atoms with E-state index in [1.54, 1.807) is 11.3 Å². The third-order valence-corrected chi connectivity index (χ3v) is 5.41. The van der Waals surface area contributed by atoms with E-state index < -0.39 is 5.91 Å². The SMILES string of the molecule is CC1CCc2c(sc3nc(CN(C)C)n(CC(N)=O)c(=O)c23)C1. The number of carbonyl (C=O) groups is 1. The van der Waals surface area contributed by atoms with Gasteiger partial charge in [0.05, 0.1) is 11.9 Å². The van der Waals surface area contributed by atoms with Gasteiger partial charge in [-0.2, -0.15) is 0 Å². The summed E-state index contributed by atoms with van der Waals surface area (Å²) in [5, 5.41) is 0.695. The van der Waals surface area contributed by atoms with E-state index in [-0.39, 0.29) is 12.1 Å². The molecule has 0 fully saturated rings. The number of aromatic nitrogens is 2. The molecule has 2 aromatic rings. The molecule has 0 bridgehead atoms. The molecule has 0 saturated heterocycles. The van der Waals surface area contributed by atoms with Gasteiger partial charge in [0.2, 0.25) is 5.91 Å². The van der Waals surface area contributed by atoms with E-state index in [1.807, 2.05) is 19.0 Å². The smallest absolute Gasteiger partial charge is 0.263 e. The van der Waals surface area contributed by atoms with Crippen molar-refractivity contribution in [2.24, 2.45) is 11.7 Å². The lowest BCUT2D eigenvalue weighted by atomic mass is 9.89. The van der Waals surface area contributed by atoms with Crippen molar-refractivity contribution >= 4 is 27.5 Å². The lowest BCUT2D eigenvalue weighted by molar-refractivity contribution is -0.118. The van der Waals surface area contributed by atoms with Gasteiger partial charge in [-0.05, 0) is 44.8 Å². The van der Waals surface area contributed by atoms with Gasteiger partial charge in [-0.1, -0.05) is 6.92 Å². The van der Waals surface area contributed by atoms with Crippen LogP contribution < -0.4 is 11.3 Å². The summed E-state index contributed by atoms with van der Waals surface area (Å²) in [4.78, 5) is 33.1. The molecule has 1 unspecified atom stereocenters. The maximum absolute atomic E-state index is 13.0. The fourth-order valence-electron chi connectivity index (χ4n) is 3.19. The number of rotatable bonds is 4. The zero-order chi connectivity index (χ0) is 16.7. The molecule has 2 N–H and O–H groups in total. The Bertz CT molecular complexity index is 822. The Balaban J connectivity index is 2.23. The minimum atomic E-state index is -0.522. The molecule has 7 heteroatoms. The summed E-state index contributed by atoms with van der Waals surface area (Å²) in [7, 11) is 3.82. The number of carbonyl (C=O) groups excluding carboxylic acids is 1. The lowest BCUT2D eigenvalue weighted by Crippen LogP contribution is -2.33. The van der Waals surface area contributed by atoms with Crippen LogP contribution in [-0.4, -0.2) is 34.5 Å². The standard InChI is InChI=1S/C16H22N4O2S/c1-9-4-5-10-11(6-9)23-15-14(10)16(22)20(7-12(17)21)13(18-15)8-19(2)3/h9H,4-8H2,1-3H3,(H2,17,21). The Morgan fingerprint density at radius 3 is 2.87 bits per heavy atom. The molecule has 1 atom stereocenters. The van der Waals surface area contributed by atoms with Gasteiger partial charge in [-0.15, -0.1) is 11.3 Å². The first-order valence-electron chi connectivity index (χ1n) is 7.83. The van der Waals surface area contributed by atoms with Crippen LogP contribution in [-0.2, 0) is 30.7 Å². The molecule has 0 aliphatic heterocycles. The molecule has 23 heavy (non-hydrogen) atoms. The number of amides is 1. The first-order chi connectivity index (χ1) is 10.9. The fourth-order valence-corrected chi connectivity index (χ4v) is 4.58. The molecule has 1 aliphatic rings. The highest BCUT2D eigenvalue weighted by atomic mass is 32.1. The first-order valence-corrected chi connectivity index (χ1v) is 8.65. The monoisotopic (exact) mass is 334 g/mol. The van der Waals surface area contributed by atoms with E-state index in [0.717, 1.165) is 29.7 Å². The van der Waals surface area contributed by atoms with Crippen molar-refractivity contribution in [3.63, 3.8) is 0 Å². The molecule has 1 aliphatic carbocycles. The van der Waals surface area contributed by atoms with Gasteiger partial charge >= 0.3 is 0 Å². The molecular formula is C16H22N4O2S. The summed E-state index contributed by atoms with van der Waals surface area (Å²) in [6, 6.07) is 0. The van der Waals surface area contributed by atoms with Crippen LogP contribution in [0.15, 0.2) is 4.79 Å². The highest BCUT2D eigenvalue weighted by Crippen LogP contribution is 2.35. The highest BCUT2D eigenvalue weighted by Gasteiger charge is 2.24. The van der Waals surface area contributed by atoms with Gasteiger partial charge in [0.25, 0.3) is 5.56 Å². The minimum Gasteiger partial charge on any atom is -0.368 e. The van der Waals surface area contributed by atoms with E-state index in [9.17, 15) is 9.59 Å². The summed E-state index contributed by atoms with van der Waals surface area (Å²) in [6.07, 6.45) is 3.01. The summed E-state index contributed by atoms with van der Waals surface area (Å²) < 4.78 is 1.44. The number of hydrogen-bond acceptors (Lipinski definition) is 5. The number of nitrogens with zero attached hydrogens (tertiary/aromatic N) is 3. The first kappa shape index (κ1) is 16.1. The second-order valence-electron chi connectivity index (χ2n) is 6.66. The number of hydrogen-bond donors (Lipinski definition) is 1. The van der Waals surface area contributed by atoms with Crippen LogP contribution in [0.2, 0.25) is 0 Å². The molecule has 2 heterocycles. The number of aryl methyl sites for hydroxylation is 1. The molecule has 1 amide bonds. The van der Waals surface area contributed by atoms with Gasteiger partial charge in [0.1, 0.15) is 17.2 Å². The highest BCUT2D eigenvalue weighted by molar-refractivity contribution is 7.18. The van der Waals surface area contributed by atoms with E-state index in [0.29, 0.717) is 23.7 Å². The summed E-state index contributed by atoms with van der Waals surface area (Å²) in [5.41, 5.74) is 6.34. The van der Waals surface area contributed by atoms with Crippen molar-refractivity contribution in [1.82, 2.24) is 14.5 Å². The van der Waals surface area contributed by atoms with Crippen LogP contribution in [0.4, 0.5) is 0 Å². The largest absolute Gasteiger partial charge is 0.368 e. The van der Waals surface area contributed by atoms with E-state index in [4.69, 9.17) is 10.7 Å². The van der Waals surface area contributed by atoms with Crippen molar-refractivity contribution in [2.75, 3.05) is 14.1 Å². The maximum Gasteiger partial charge on any atom is 0.263 e. The van der Waals surface area contributed by atoms with Crippen LogP contribution in [0.5, 0.6) is 0 Å². The van der Waals surface area contributed by atoms with Crippen LogP contribution in [0.1, 0.15) is 29.6 Å². The Hall–Kier alpha value is -1.73. The number of primary amides is 1. The number of thiophene rings is 1.